The second-order valence-electron chi connectivity index (χ2n) is 9.22. The summed E-state index contributed by atoms with van der Waals surface area (Å²) in [5, 5.41) is 6.58. The Balaban J connectivity index is 1.33. The zero-order valence-corrected chi connectivity index (χ0v) is 20.4. The Morgan fingerprint density at radius 3 is 2.68 bits per heavy atom. The molecule has 0 aliphatic carbocycles. The van der Waals surface area contributed by atoms with Crippen molar-refractivity contribution in [3.05, 3.63) is 53.9 Å². The molecule has 5 rings (SSSR count). The molecule has 2 aliphatic rings. The Labute approximate surface area is 201 Å². The summed E-state index contributed by atoms with van der Waals surface area (Å²) in [5.41, 5.74) is 6.33. The Morgan fingerprint density at radius 1 is 1.09 bits per heavy atom. The highest BCUT2D eigenvalue weighted by molar-refractivity contribution is 5.73. The van der Waals surface area contributed by atoms with Crippen molar-refractivity contribution in [2.75, 3.05) is 56.4 Å². The third-order valence-electron chi connectivity index (χ3n) is 6.96. The molecule has 2 fully saturated rings. The standard InChI is InChI=1S/C26H33N7O/c1-17-13-19(6-8-24(17)33-16-20-14-21(33)15-32(20)3)30-26-28-11-9-23(31-26)22-7-5-18(10-12-34-4)29-25(22)27-2/h5-9,11,13,20-21H,10,12,14-16H2,1-4H3,(H,27,29)(H,28,30,31)/t20-,21-/m0/s1. The number of anilines is 4. The second-order valence-corrected chi connectivity index (χ2v) is 9.22. The molecule has 2 N–H and O–H groups in total. The molecule has 34 heavy (non-hydrogen) atoms. The van der Waals surface area contributed by atoms with Gasteiger partial charge < -0.3 is 20.3 Å². The Kier molecular flexibility index (Phi) is 6.34. The first kappa shape index (κ1) is 22.6. The van der Waals surface area contributed by atoms with Gasteiger partial charge in [-0.3, -0.25) is 4.90 Å². The van der Waals surface area contributed by atoms with Crippen molar-refractivity contribution in [3.8, 4) is 11.3 Å². The summed E-state index contributed by atoms with van der Waals surface area (Å²) in [5.74, 6) is 1.36. The van der Waals surface area contributed by atoms with Crippen molar-refractivity contribution in [3.63, 3.8) is 0 Å². The molecular formula is C26H33N7O. The number of fused-ring (bicyclic) bond motifs is 2. The summed E-state index contributed by atoms with van der Waals surface area (Å²) >= 11 is 0. The van der Waals surface area contributed by atoms with Gasteiger partial charge >= 0.3 is 0 Å². The minimum absolute atomic E-state index is 0.567. The number of ether oxygens (including phenoxy) is 1. The summed E-state index contributed by atoms with van der Waals surface area (Å²) in [7, 11) is 5.81. The van der Waals surface area contributed by atoms with Crippen LogP contribution in [0.3, 0.4) is 0 Å². The average molecular weight is 460 g/mol. The monoisotopic (exact) mass is 459 g/mol. The summed E-state index contributed by atoms with van der Waals surface area (Å²) in [6.07, 6.45) is 3.82. The summed E-state index contributed by atoms with van der Waals surface area (Å²) in [4.78, 5) is 19.0. The van der Waals surface area contributed by atoms with Crippen LogP contribution in [0.2, 0.25) is 0 Å². The maximum atomic E-state index is 5.17. The lowest BCUT2D eigenvalue weighted by molar-refractivity contribution is 0.201. The van der Waals surface area contributed by atoms with E-state index in [0.29, 0.717) is 24.6 Å². The van der Waals surface area contributed by atoms with Crippen LogP contribution >= 0.6 is 0 Å². The van der Waals surface area contributed by atoms with Gasteiger partial charge in [-0.2, -0.15) is 0 Å². The van der Waals surface area contributed by atoms with E-state index >= 15 is 0 Å². The van der Waals surface area contributed by atoms with Crippen molar-refractivity contribution < 1.29 is 4.74 Å². The maximum Gasteiger partial charge on any atom is 0.227 e. The molecule has 8 nitrogen and oxygen atoms in total. The van der Waals surface area contributed by atoms with Gasteiger partial charge in [0.05, 0.1) is 12.3 Å². The molecule has 4 heterocycles. The van der Waals surface area contributed by atoms with Gasteiger partial charge in [0, 0.05) is 74.6 Å². The van der Waals surface area contributed by atoms with Gasteiger partial charge in [0.1, 0.15) is 5.82 Å². The van der Waals surface area contributed by atoms with E-state index in [2.05, 4.69) is 63.7 Å². The van der Waals surface area contributed by atoms with Crippen molar-refractivity contribution in [1.82, 2.24) is 19.9 Å². The van der Waals surface area contributed by atoms with E-state index in [0.717, 1.165) is 48.0 Å². The highest BCUT2D eigenvalue weighted by Gasteiger charge is 2.41. The average Bonchev–Trinajstić information content (AvgIpc) is 3.42. The molecule has 3 aromatic rings. The van der Waals surface area contributed by atoms with Crippen LogP contribution in [0.5, 0.6) is 0 Å². The van der Waals surface area contributed by atoms with Crippen molar-refractivity contribution in [2.45, 2.75) is 31.8 Å². The van der Waals surface area contributed by atoms with Crippen LogP contribution in [0.1, 0.15) is 17.7 Å². The molecule has 2 saturated heterocycles. The SMILES string of the molecule is CNc1nc(CCOC)ccc1-c1ccnc(Nc2ccc(N3C[C@@H]4C[C@H]3CN4C)c(C)c2)n1. The number of likely N-dealkylation sites (tertiary alicyclic amines) is 1. The lowest BCUT2D eigenvalue weighted by atomic mass is 10.1. The molecular weight excluding hydrogens is 426 g/mol. The number of rotatable bonds is 8. The highest BCUT2D eigenvalue weighted by Crippen LogP contribution is 2.36. The van der Waals surface area contributed by atoms with Crippen LogP contribution in [0.25, 0.3) is 11.3 Å². The molecule has 2 atom stereocenters. The van der Waals surface area contributed by atoms with Gasteiger partial charge in [-0.15, -0.1) is 0 Å². The van der Waals surface area contributed by atoms with Crippen LogP contribution in [-0.4, -0.2) is 72.8 Å². The number of hydrogen-bond acceptors (Lipinski definition) is 8. The van der Waals surface area contributed by atoms with E-state index in [1.54, 1.807) is 13.3 Å². The fraction of sp³-hybridized carbons (Fsp3) is 0.423. The van der Waals surface area contributed by atoms with Crippen LogP contribution in [0, 0.1) is 6.92 Å². The number of piperazine rings is 1. The van der Waals surface area contributed by atoms with Crippen LogP contribution < -0.4 is 15.5 Å². The fourth-order valence-corrected chi connectivity index (χ4v) is 5.16. The third-order valence-corrected chi connectivity index (χ3v) is 6.96. The van der Waals surface area contributed by atoms with E-state index in [1.807, 2.05) is 19.2 Å². The highest BCUT2D eigenvalue weighted by atomic mass is 16.5. The van der Waals surface area contributed by atoms with Crippen LogP contribution in [0.15, 0.2) is 42.6 Å². The molecule has 8 heteroatoms. The number of hydrogen-bond donors (Lipinski definition) is 2. The Bertz CT molecular complexity index is 1170. The smallest absolute Gasteiger partial charge is 0.227 e. The van der Waals surface area contributed by atoms with Crippen LogP contribution in [-0.2, 0) is 11.2 Å². The summed E-state index contributed by atoms with van der Waals surface area (Å²) < 4.78 is 5.17. The number of nitrogens with zero attached hydrogens (tertiary/aromatic N) is 5. The molecule has 178 valence electrons. The van der Waals surface area contributed by atoms with Gasteiger partial charge in [-0.1, -0.05) is 0 Å². The van der Waals surface area contributed by atoms with Gasteiger partial charge in [0.15, 0.2) is 0 Å². The number of aromatic nitrogens is 3. The molecule has 2 aromatic heterocycles. The number of pyridine rings is 1. The van der Waals surface area contributed by atoms with E-state index in [1.165, 1.54) is 17.7 Å². The van der Waals surface area contributed by atoms with Gasteiger partial charge in [0.2, 0.25) is 5.95 Å². The predicted octanol–water partition coefficient (Wildman–Crippen LogP) is 3.71. The number of aryl methyl sites for hydroxylation is 1. The van der Waals surface area contributed by atoms with Crippen molar-refractivity contribution in [1.29, 1.82) is 0 Å². The van der Waals surface area contributed by atoms with Crippen molar-refractivity contribution in [2.24, 2.45) is 0 Å². The summed E-state index contributed by atoms with van der Waals surface area (Å²) in [6.45, 7) is 5.10. The van der Waals surface area contributed by atoms with Gasteiger partial charge in [-0.05, 0) is 62.4 Å². The van der Waals surface area contributed by atoms with Gasteiger partial charge in [-0.25, -0.2) is 15.0 Å². The molecule has 1 aromatic carbocycles. The van der Waals surface area contributed by atoms with E-state index in [-0.39, 0.29) is 0 Å². The largest absolute Gasteiger partial charge is 0.384 e. The first-order chi connectivity index (χ1) is 16.6. The van der Waals surface area contributed by atoms with Crippen molar-refractivity contribution >= 4 is 23.1 Å². The summed E-state index contributed by atoms with van der Waals surface area (Å²) in [6, 6.07) is 13.8. The van der Waals surface area contributed by atoms with Gasteiger partial charge in [0.25, 0.3) is 0 Å². The maximum absolute atomic E-state index is 5.17. The molecule has 0 radical (unpaired) electrons. The van der Waals surface area contributed by atoms with E-state index in [9.17, 15) is 0 Å². The molecule has 0 unspecified atom stereocenters. The third kappa shape index (κ3) is 4.43. The number of likely N-dealkylation sites (N-methyl/N-ethyl adjacent to an activating group) is 1. The molecule has 2 bridgehead atoms. The lowest BCUT2D eigenvalue weighted by Gasteiger charge is -2.34. The minimum Gasteiger partial charge on any atom is -0.384 e. The number of methoxy groups -OCH3 is 1. The number of nitrogens with one attached hydrogen (secondary N) is 2. The fourth-order valence-electron chi connectivity index (χ4n) is 5.16. The zero-order valence-electron chi connectivity index (χ0n) is 20.4. The Hall–Kier alpha value is -3.23. The topological polar surface area (TPSA) is 78.4 Å². The Morgan fingerprint density at radius 2 is 1.97 bits per heavy atom. The van der Waals surface area contributed by atoms with E-state index < -0.39 is 0 Å². The second kappa shape index (κ2) is 9.56. The minimum atomic E-state index is 0.567. The first-order valence-electron chi connectivity index (χ1n) is 11.9. The molecule has 0 spiro atoms. The first-order valence-corrected chi connectivity index (χ1v) is 11.9. The molecule has 0 saturated carbocycles. The molecule has 2 aliphatic heterocycles. The zero-order chi connectivity index (χ0) is 23.7. The quantitative estimate of drug-likeness (QED) is 0.528. The molecule has 0 amide bonds. The van der Waals surface area contributed by atoms with Crippen LogP contribution in [0.4, 0.5) is 23.1 Å². The normalized spacial score (nSPS) is 19.6. The number of benzene rings is 1. The van der Waals surface area contributed by atoms with E-state index in [4.69, 9.17) is 14.7 Å². The predicted molar refractivity (Wildman–Crippen MR) is 137 cm³/mol. The lowest BCUT2D eigenvalue weighted by Crippen LogP contribution is -2.44.